The van der Waals surface area contributed by atoms with Crippen molar-refractivity contribution in [1.82, 2.24) is 4.90 Å². The van der Waals surface area contributed by atoms with Crippen molar-refractivity contribution < 1.29 is 4.74 Å². The number of aryl methyl sites for hydroxylation is 1. The average molecular weight is 388 g/mol. The van der Waals surface area contributed by atoms with Crippen molar-refractivity contribution in [3.8, 4) is 5.75 Å². The molecule has 2 nitrogen and oxygen atoms in total. The van der Waals surface area contributed by atoms with E-state index in [-0.39, 0.29) is 0 Å². The van der Waals surface area contributed by atoms with Gasteiger partial charge in [0.15, 0.2) is 0 Å². The molecule has 0 unspecified atom stereocenters. The molecule has 0 atom stereocenters. The molecule has 26 heavy (non-hydrogen) atoms. The standard InChI is InChI=1S/C22H23Cl2NO/c1-25(2)13-5-8-20-19-7-4-3-6-16(19)10-12-22(20)26-15-17-9-11-18(23)14-21(17)24/h3-4,6-7,9-12,14H,5,8,13,15H2,1-2H3. The van der Waals surface area contributed by atoms with Crippen LogP contribution in [0.25, 0.3) is 10.8 Å². The zero-order valence-electron chi connectivity index (χ0n) is 15.1. The van der Waals surface area contributed by atoms with Crippen molar-refractivity contribution in [3.63, 3.8) is 0 Å². The van der Waals surface area contributed by atoms with Crippen LogP contribution in [-0.2, 0) is 13.0 Å². The molecule has 0 aliphatic carbocycles. The first-order valence-corrected chi connectivity index (χ1v) is 9.52. The number of ether oxygens (including phenoxy) is 1. The summed E-state index contributed by atoms with van der Waals surface area (Å²) < 4.78 is 6.17. The molecule has 3 aromatic rings. The highest BCUT2D eigenvalue weighted by atomic mass is 35.5. The summed E-state index contributed by atoms with van der Waals surface area (Å²) in [6, 6.07) is 18.1. The van der Waals surface area contributed by atoms with Crippen molar-refractivity contribution in [2.45, 2.75) is 19.4 Å². The van der Waals surface area contributed by atoms with Gasteiger partial charge in [0.1, 0.15) is 12.4 Å². The summed E-state index contributed by atoms with van der Waals surface area (Å²) >= 11 is 12.3. The quantitative estimate of drug-likeness (QED) is 0.476. The average Bonchev–Trinajstić information content (AvgIpc) is 2.61. The normalized spacial score (nSPS) is 11.3. The lowest BCUT2D eigenvalue weighted by atomic mass is 9.99. The molecule has 0 N–H and O–H groups in total. The first-order valence-electron chi connectivity index (χ1n) is 8.76. The van der Waals surface area contributed by atoms with Crippen molar-refractivity contribution >= 4 is 34.0 Å². The third-order valence-corrected chi connectivity index (χ3v) is 5.01. The number of halogens is 2. The van der Waals surface area contributed by atoms with E-state index in [2.05, 4.69) is 55.4 Å². The van der Waals surface area contributed by atoms with Crippen molar-refractivity contribution in [3.05, 3.63) is 75.8 Å². The zero-order valence-corrected chi connectivity index (χ0v) is 16.6. The molecular weight excluding hydrogens is 365 g/mol. The largest absolute Gasteiger partial charge is 0.489 e. The molecule has 136 valence electrons. The zero-order chi connectivity index (χ0) is 18.5. The van der Waals surface area contributed by atoms with E-state index in [4.69, 9.17) is 27.9 Å². The predicted octanol–water partition coefficient (Wildman–Crippen LogP) is 6.22. The third kappa shape index (κ3) is 4.70. The Morgan fingerprint density at radius 3 is 2.54 bits per heavy atom. The van der Waals surface area contributed by atoms with Gasteiger partial charge in [-0.25, -0.2) is 0 Å². The lowest BCUT2D eigenvalue weighted by Crippen LogP contribution is -2.13. The van der Waals surface area contributed by atoms with Crippen LogP contribution >= 0.6 is 23.2 Å². The first-order chi connectivity index (χ1) is 12.5. The van der Waals surface area contributed by atoms with Crippen LogP contribution < -0.4 is 4.74 Å². The maximum Gasteiger partial charge on any atom is 0.123 e. The Bertz CT molecular complexity index is 892. The first kappa shape index (κ1) is 19.0. The topological polar surface area (TPSA) is 12.5 Å². The van der Waals surface area contributed by atoms with Crippen LogP contribution in [-0.4, -0.2) is 25.5 Å². The summed E-state index contributed by atoms with van der Waals surface area (Å²) in [7, 11) is 4.20. The van der Waals surface area contributed by atoms with Gasteiger partial charge in [0, 0.05) is 21.2 Å². The van der Waals surface area contributed by atoms with Gasteiger partial charge in [-0.15, -0.1) is 0 Å². The summed E-state index contributed by atoms with van der Waals surface area (Å²) in [6.07, 6.45) is 2.06. The SMILES string of the molecule is CN(C)CCCc1c(OCc2ccc(Cl)cc2Cl)ccc2ccccc12. The minimum Gasteiger partial charge on any atom is -0.489 e. The van der Waals surface area contributed by atoms with Crippen LogP contribution in [0.5, 0.6) is 5.75 Å². The number of benzene rings is 3. The maximum absolute atomic E-state index is 6.28. The Kier molecular flexibility index (Phi) is 6.42. The molecule has 0 bridgehead atoms. The van der Waals surface area contributed by atoms with E-state index in [1.165, 1.54) is 16.3 Å². The Morgan fingerprint density at radius 2 is 1.77 bits per heavy atom. The van der Waals surface area contributed by atoms with Crippen LogP contribution in [0.2, 0.25) is 10.0 Å². The van der Waals surface area contributed by atoms with E-state index < -0.39 is 0 Å². The fourth-order valence-corrected chi connectivity index (χ4v) is 3.54. The number of nitrogens with zero attached hydrogens (tertiary/aromatic N) is 1. The number of fused-ring (bicyclic) bond motifs is 1. The predicted molar refractivity (Wildman–Crippen MR) is 112 cm³/mol. The van der Waals surface area contributed by atoms with Crippen molar-refractivity contribution in [2.24, 2.45) is 0 Å². The summed E-state index contributed by atoms with van der Waals surface area (Å²) in [5.74, 6) is 0.925. The summed E-state index contributed by atoms with van der Waals surface area (Å²) in [5, 5.41) is 3.76. The van der Waals surface area contributed by atoms with Gasteiger partial charge in [-0.3, -0.25) is 0 Å². The molecule has 0 aliphatic rings. The second kappa shape index (κ2) is 8.77. The van der Waals surface area contributed by atoms with E-state index in [0.717, 1.165) is 30.7 Å². The lowest BCUT2D eigenvalue weighted by molar-refractivity contribution is 0.302. The van der Waals surface area contributed by atoms with Crippen molar-refractivity contribution in [1.29, 1.82) is 0 Å². The van der Waals surface area contributed by atoms with Gasteiger partial charge in [0.05, 0.1) is 0 Å². The summed E-state index contributed by atoms with van der Waals surface area (Å²) in [5.41, 5.74) is 2.19. The smallest absolute Gasteiger partial charge is 0.123 e. The molecule has 4 heteroatoms. The Morgan fingerprint density at radius 1 is 0.962 bits per heavy atom. The van der Waals surface area contributed by atoms with Crippen LogP contribution in [0.15, 0.2) is 54.6 Å². The fourth-order valence-electron chi connectivity index (χ4n) is 3.08. The molecule has 3 rings (SSSR count). The Labute approximate surface area is 165 Å². The molecule has 0 aliphatic heterocycles. The molecule has 0 saturated heterocycles. The minimum absolute atomic E-state index is 0.426. The molecule has 3 aromatic carbocycles. The van der Waals surface area contributed by atoms with E-state index in [0.29, 0.717) is 16.7 Å². The molecule has 0 amide bonds. The highest BCUT2D eigenvalue weighted by molar-refractivity contribution is 6.35. The van der Waals surface area contributed by atoms with E-state index in [1.54, 1.807) is 6.07 Å². The van der Waals surface area contributed by atoms with Crippen LogP contribution in [0.1, 0.15) is 17.5 Å². The fraction of sp³-hybridized carbons (Fsp3) is 0.273. The van der Waals surface area contributed by atoms with Crippen LogP contribution in [0.3, 0.4) is 0 Å². The van der Waals surface area contributed by atoms with E-state index in [9.17, 15) is 0 Å². The third-order valence-electron chi connectivity index (χ3n) is 4.43. The monoisotopic (exact) mass is 387 g/mol. The van der Waals surface area contributed by atoms with Gasteiger partial charge in [0.2, 0.25) is 0 Å². The highest BCUT2D eigenvalue weighted by Crippen LogP contribution is 2.31. The van der Waals surface area contributed by atoms with E-state index in [1.807, 2.05) is 12.1 Å². The Hall–Kier alpha value is -1.74. The van der Waals surface area contributed by atoms with Gasteiger partial charge in [-0.2, -0.15) is 0 Å². The van der Waals surface area contributed by atoms with Gasteiger partial charge in [-0.1, -0.05) is 59.6 Å². The van der Waals surface area contributed by atoms with Crippen molar-refractivity contribution in [2.75, 3.05) is 20.6 Å². The number of hydrogen-bond acceptors (Lipinski definition) is 2. The van der Waals surface area contributed by atoms with Gasteiger partial charge < -0.3 is 9.64 Å². The number of hydrogen-bond donors (Lipinski definition) is 0. The molecule has 0 fully saturated rings. The molecular formula is C22H23Cl2NO. The molecule has 0 saturated carbocycles. The van der Waals surface area contributed by atoms with Gasteiger partial charge in [0.25, 0.3) is 0 Å². The highest BCUT2D eigenvalue weighted by Gasteiger charge is 2.10. The second-order valence-corrected chi connectivity index (χ2v) is 7.54. The summed E-state index contributed by atoms with van der Waals surface area (Å²) in [4.78, 5) is 2.21. The molecule has 0 spiro atoms. The van der Waals surface area contributed by atoms with Crippen LogP contribution in [0.4, 0.5) is 0 Å². The maximum atomic E-state index is 6.28. The van der Waals surface area contributed by atoms with Crippen LogP contribution in [0, 0.1) is 0 Å². The minimum atomic E-state index is 0.426. The number of rotatable bonds is 7. The molecule has 0 radical (unpaired) electrons. The molecule has 0 aromatic heterocycles. The Balaban J connectivity index is 1.86. The van der Waals surface area contributed by atoms with Gasteiger partial charge >= 0.3 is 0 Å². The summed E-state index contributed by atoms with van der Waals surface area (Å²) in [6.45, 7) is 1.47. The van der Waals surface area contributed by atoms with E-state index >= 15 is 0 Å². The van der Waals surface area contributed by atoms with Gasteiger partial charge in [-0.05, 0) is 62.5 Å². The lowest BCUT2D eigenvalue weighted by Gasteiger charge is -2.16. The second-order valence-electron chi connectivity index (χ2n) is 6.69. The molecule has 0 heterocycles.